The van der Waals surface area contributed by atoms with Crippen molar-refractivity contribution < 1.29 is 0 Å². The lowest BCUT2D eigenvalue weighted by Crippen LogP contribution is -2.29. The SMILES string of the molecule is CC(C)CCC(C)N[C@@H](C)c1ccc(Br)cc1. The number of hydrogen-bond acceptors (Lipinski definition) is 1. The van der Waals surface area contributed by atoms with E-state index in [1.165, 1.54) is 18.4 Å². The lowest BCUT2D eigenvalue weighted by Gasteiger charge is -2.21. The molecular formula is C15H24BrN. The zero-order valence-corrected chi connectivity index (χ0v) is 12.9. The number of hydrogen-bond donors (Lipinski definition) is 1. The van der Waals surface area contributed by atoms with Gasteiger partial charge in [0.2, 0.25) is 0 Å². The Bertz CT molecular complexity index is 318. The number of rotatable bonds is 6. The fourth-order valence-corrected chi connectivity index (χ4v) is 2.21. The minimum absolute atomic E-state index is 0.422. The Kier molecular flexibility index (Phi) is 6.21. The van der Waals surface area contributed by atoms with Gasteiger partial charge >= 0.3 is 0 Å². The second-order valence-electron chi connectivity index (χ2n) is 5.31. The molecule has 0 spiro atoms. The predicted molar refractivity (Wildman–Crippen MR) is 79.2 cm³/mol. The van der Waals surface area contributed by atoms with Crippen LogP contribution in [0, 0.1) is 5.92 Å². The van der Waals surface area contributed by atoms with Crippen LogP contribution in [0.15, 0.2) is 28.7 Å². The van der Waals surface area contributed by atoms with Gasteiger partial charge in [-0.05, 0) is 50.3 Å². The molecule has 0 amide bonds. The Morgan fingerprint density at radius 2 is 1.59 bits per heavy atom. The summed E-state index contributed by atoms with van der Waals surface area (Å²) in [4.78, 5) is 0. The van der Waals surface area contributed by atoms with Crippen LogP contribution in [0.1, 0.15) is 52.1 Å². The first-order valence-electron chi connectivity index (χ1n) is 6.50. The van der Waals surface area contributed by atoms with Crippen LogP contribution in [0.4, 0.5) is 0 Å². The topological polar surface area (TPSA) is 12.0 Å². The summed E-state index contributed by atoms with van der Waals surface area (Å²) in [5.41, 5.74) is 1.35. The van der Waals surface area contributed by atoms with Crippen LogP contribution in [-0.2, 0) is 0 Å². The van der Waals surface area contributed by atoms with Crippen LogP contribution < -0.4 is 5.32 Å². The monoisotopic (exact) mass is 297 g/mol. The average Bonchev–Trinajstić information content (AvgIpc) is 2.27. The van der Waals surface area contributed by atoms with Crippen LogP contribution in [0.5, 0.6) is 0 Å². The van der Waals surface area contributed by atoms with Crippen molar-refractivity contribution in [1.82, 2.24) is 5.32 Å². The van der Waals surface area contributed by atoms with Gasteiger partial charge in [0.15, 0.2) is 0 Å². The Balaban J connectivity index is 2.42. The first kappa shape index (κ1) is 14.7. The van der Waals surface area contributed by atoms with E-state index in [0.29, 0.717) is 12.1 Å². The fourth-order valence-electron chi connectivity index (χ4n) is 1.94. The van der Waals surface area contributed by atoms with E-state index >= 15 is 0 Å². The summed E-state index contributed by atoms with van der Waals surface area (Å²) >= 11 is 3.47. The fraction of sp³-hybridized carbons (Fsp3) is 0.600. The first-order chi connectivity index (χ1) is 7.99. The molecule has 0 aliphatic rings. The molecule has 17 heavy (non-hydrogen) atoms. The van der Waals surface area contributed by atoms with Gasteiger partial charge in [-0.1, -0.05) is 41.9 Å². The molecule has 0 saturated heterocycles. The summed E-state index contributed by atoms with van der Waals surface area (Å²) < 4.78 is 1.14. The molecule has 2 heteroatoms. The molecule has 0 fully saturated rings. The zero-order chi connectivity index (χ0) is 12.8. The normalized spacial score (nSPS) is 14.9. The van der Waals surface area contributed by atoms with Gasteiger partial charge in [0.05, 0.1) is 0 Å². The Labute approximate surface area is 114 Å². The Morgan fingerprint density at radius 3 is 2.12 bits per heavy atom. The molecule has 1 aromatic rings. The minimum atomic E-state index is 0.422. The summed E-state index contributed by atoms with van der Waals surface area (Å²) in [6.45, 7) is 9.07. The predicted octanol–water partition coefficient (Wildman–Crippen LogP) is 4.92. The van der Waals surface area contributed by atoms with E-state index in [-0.39, 0.29) is 0 Å². The highest BCUT2D eigenvalue weighted by atomic mass is 79.9. The maximum atomic E-state index is 3.66. The van der Waals surface area contributed by atoms with Crippen molar-refractivity contribution in [2.75, 3.05) is 0 Å². The van der Waals surface area contributed by atoms with Crippen LogP contribution in [0.2, 0.25) is 0 Å². The van der Waals surface area contributed by atoms with Gasteiger partial charge < -0.3 is 5.32 Å². The van der Waals surface area contributed by atoms with Gasteiger partial charge in [-0.25, -0.2) is 0 Å². The van der Waals surface area contributed by atoms with Gasteiger partial charge in [-0.2, -0.15) is 0 Å². The molecule has 0 saturated carbocycles. The van der Waals surface area contributed by atoms with Gasteiger partial charge in [0.1, 0.15) is 0 Å². The van der Waals surface area contributed by atoms with E-state index in [2.05, 4.69) is 73.2 Å². The quantitative estimate of drug-likeness (QED) is 0.785. The second-order valence-corrected chi connectivity index (χ2v) is 6.23. The molecule has 0 aromatic heterocycles. The van der Waals surface area contributed by atoms with Crippen LogP contribution >= 0.6 is 15.9 Å². The maximum Gasteiger partial charge on any atom is 0.0294 e. The van der Waals surface area contributed by atoms with Gasteiger partial charge in [0, 0.05) is 16.6 Å². The number of benzene rings is 1. The van der Waals surface area contributed by atoms with E-state index in [1.54, 1.807) is 0 Å². The zero-order valence-electron chi connectivity index (χ0n) is 11.3. The van der Waals surface area contributed by atoms with Crippen molar-refractivity contribution in [1.29, 1.82) is 0 Å². The van der Waals surface area contributed by atoms with E-state index in [1.807, 2.05) is 0 Å². The van der Waals surface area contributed by atoms with Crippen molar-refractivity contribution in [3.8, 4) is 0 Å². The number of nitrogens with one attached hydrogen (secondary N) is 1. The molecule has 0 aliphatic carbocycles. The summed E-state index contributed by atoms with van der Waals surface area (Å²) in [6.07, 6.45) is 2.54. The summed E-state index contributed by atoms with van der Waals surface area (Å²) in [7, 11) is 0. The van der Waals surface area contributed by atoms with Crippen LogP contribution in [-0.4, -0.2) is 6.04 Å². The van der Waals surface area contributed by atoms with Crippen molar-refractivity contribution >= 4 is 15.9 Å². The second kappa shape index (κ2) is 7.17. The highest BCUT2D eigenvalue weighted by Crippen LogP contribution is 2.18. The van der Waals surface area contributed by atoms with Crippen LogP contribution in [0.25, 0.3) is 0 Å². The van der Waals surface area contributed by atoms with Crippen molar-refractivity contribution in [3.63, 3.8) is 0 Å². The molecule has 96 valence electrons. The molecule has 0 heterocycles. The van der Waals surface area contributed by atoms with E-state index in [9.17, 15) is 0 Å². The molecule has 1 rings (SSSR count). The largest absolute Gasteiger partial charge is 0.308 e. The van der Waals surface area contributed by atoms with Gasteiger partial charge in [-0.3, -0.25) is 0 Å². The molecule has 0 aliphatic heterocycles. The Morgan fingerprint density at radius 1 is 1.00 bits per heavy atom. The Hall–Kier alpha value is -0.340. The molecule has 1 unspecified atom stereocenters. The van der Waals surface area contributed by atoms with Crippen molar-refractivity contribution in [2.24, 2.45) is 5.92 Å². The third-order valence-corrected chi connectivity index (χ3v) is 3.61. The molecule has 1 nitrogen and oxygen atoms in total. The standard InChI is InChI=1S/C15H24BrN/c1-11(2)5-6-12(3)17-13(4)14-7-9-15(16)10-8-14/h7-13,17H,5-6H2,1-4H3/t12?,13-/m0/s1. The summed E-state index contributed by atoms with van der Waals surface area (Å²) in [5.74, 6) is 0.794. The van der Waals surface area contributed by atoms with Gasteiger partial charge in [0.25, 0.3) is 0 Å². The molecule has 0 bridgehead atoms. The summed E-state index contributed by atoms with van der Waals surface area (Å²) in [6, 6.07) is 9.56. The molecule has 1 N–H and O–H groups in total. The van der Waals surface area contributed by atoms with Gasteiger partial charge in [-0.15, -0.1) is 0 Å². The van der Waals surface area contributed by atoms with E-state index < -0.39 is 0 Å². The first-order valence-corrected chi connectivity index (χ1v) is 7.30. The smallest absolute Gasteiger partial charge is 0.0294 e. The molecule has 2 atom stereocenters. The molecular weight excluding hydrogens is 274 g/mol. The third kappa shape index (κ3) is 5.69. The highest BCUT2D eigenvalue weighted by Gasteiger charge is 2.09. The van der Waals surface area contributed by atoms with Crippen LogP contribution in [0.3, 0.4) is 0 Å². The lowest BCUT2D eigenvalue weighted by molar-refractivity contribution is 0.417. The van der Waals surface area contributed by atoms with E-state index in [4.69, 9.17) is 0 Å². The highest BCUT2D eigenvalue weighted by molar-refractivity contribution is 9.10. The number of halogens is 1. The van der Waals surface area contributed by atoms with E-state index in [0.717, 1.165) is 10.4 Å². The van der Waals surface area contributed by atoms with Crippen molar-refractivity contribution in [3.05, 3.63) is 34.3 Å². The summed E-state index contributed by atoms with van der Waals surface area (Å²) in [5, 5.41) is 3.66. The average molecular weight is 298 g/mol. The molecule has 0 radical (unpaired) electrons. The third-order valence-electron chi connectivity index (χ3n) is 3.08. The minimum Gasteiger partial charge on any atom is -0.308 e. The molecule has 1 aromatic carbocycles. The maximum absolute atomic E-state index is 3.66. The van der Waals surface area contributed by atoms with Crippen molar-refractivity contribution in [2.45, 2.75) is 52.6 Å². The lowest BCUT2D eigenvalue weighted by atomic mass is 10.0.